The van der Waals surface area contributed by atoms with Crippen LogP contribution in [0, 0.1) is 0 Å². The molecule has 1 saturated carbocycles. The van der Waals surface area contributed by atoms with E-state index in [4.69, 9.17) is 0 Å². The van der Waals surface area contributed by atoms with E-state index in [1.54, 1.807) is 36.4 Å². The summed E-state index contributed by atoms with van der Waals surface area (Å²) in [6.07, 6.45) is 4.52. The number of aliphatic hydroxyl groups excluding tert-OH is 1. The van der Waals surface area contributed by atoms with E-state index in [-0.39, 0.29) is 17.4 Å². The maximum Gasteiger partial charge on any atom is 0.256 e. The number of nitrogens with zero attached hydrogens (tertiary/aromatic N) is 1. The largest absolute Gasteiger partial charge is 0.508 e. The average Bonchev–Trinajstić information content (AvgIpc) is 3.53. The minimum Gasteiger partial charge on any atom is -0.508 e. The van der Waals surface area contributed by atoms with Crippen molar-refractivity contribution in [3.63, 3.8) is 0 Å². The van der Waals surface area contributed by atoms with E-state index in [0.717, 1.165) is 53.5 Å². The van der Waals surface area contributed by atoms with Gasteiger partial charge in [0, 0.05) is 17.7 Å². The quantitative estimate of drug-likeness (QED) is 0.341. The summed E-state index contributed by atoms with van der Waals surface area (Å²) in [7, 11) is 0. The van der Waals surface area contributed by atoms with Gasteiger partial charge < -0.3 is 20.2 Å². The second kappa shape index (κ2) is 9.88. The van der Waals surface area contributed by atoms with Gasteiger partial charge in [0.2, 0.25) is 0 Å². The lowest BCUT2D eigenvalue weighted by molar-refractivity contribution is 0.0170. The molecule has 0 saturated heterocycles. The summed E-state index contributed by atoms with van der Waals surface area (Å²) >= 11 is 0. The third kappa shape index (κ3) is 4.83. The Morgan fingerprint density at radius 3 is 2.06 bits per heavy atom. The van der Waals surface area contributed by atoms with Crippen LogP contribution in [-0.4, -0.2) is 32.7 Å². The predicted molar refractivity (Wildman–Crippen MR) is 140 cm³/mol. The van der Waals surface area contributed by atoms with Gasteiger partial charge in [-0.25, -0.2) is 0 Å². The minimum absolute atomic E-state index is 0.126. The Kier molecular flexibility index (Phi) is 6.49. The summed E-state index contributed by atoms with van der Waals surface area (Å²) in [5.74, 6) is 0.280. The molecule has 5 heteroatoms. The van der Waals surface area contributed by atoms with Crippen LogP contribution in [0.4, 0.5) is 0 Å². The van der Waals surface area contributed by atoms with Crippen LogP contribution in [0.15, 0.2) is 102 Å². The standard InChI is InChI=1S/C31H29NO4/c1-20-18-24(20)19-23(6-4-5-17-32-30(35)27-7-2-3-8-28(27)31(32)36)29(21-9-13-25(33)14-10-21)22-11-15-26(34)16-12-22/h2-3,7-16,19,30,33-35H,1,4-6,17-18H2/b24-19-. The first-order chi connectivity index (χ1) is 17.4. The number of fused-ring (bicyclic) bond motifs is 1. The van der Waals surface area contributed by atoms with Crippen molar-refractivity contribution in [2.24, 2.45) is 0 Å². The van der Waals surface area contributed by atoms with Gasteiger partial charge in [0.05, 0.1) is 0 Å². The molecule has 36 heavy (non-hydrogen) atoms. The summed E-state index contributed by atoms with van der Waals surface area (Å²) in [5, 5.41) is 30.3. The zero-order chi connectivity index (χ0) is 25.2. The van der Waals surface area contributed by atoms with Crippen molar-refractivity contribution in [1.29, 1.82) is 0 Å². The zero-order valence-electron chi connectivity index (χ0n) is 20.0. The van der Waals surface area contributed by atoms with E-state index in [1.807, 2.05) is 36.4 Å². The van der Waals surface area contributed by atoms with Crippen LogP contribution in [0.3, 0.4) is 0 Å². The van der Waals surface area contributed by atoms with Crippen LogP contribution in [0.2, 0.25) is 0 Å². The van der Waals surface area contributed by atoms with Crippen LogP contribution in [0.25, 0.3) is 5.57 Å². The number of carbonyl (C=O) groups excluding carboxylic acids is 1. The highest BCUT2D eigenvalue weighted by atomic mass is 16.3. The topological polar surface area (TPSA) is 81.0 Å². The van der Waals surface area contributed by atoms with Gasteiger partial charge >= 0.3 is 0 Å². The Labute approximate surface area is 211 Å². The molecule has 1 amide bonds. The fraction of sp³-hybridized carbons (Fsp3) is 0.194. The lowest BCUT2D eigenvalue weighted by Gasteiger charge is -2.21. The van der Waals surface area contributed by atoms with Crippen LogP contribution in [0.5, 0.6) is 11.5 Å². The van der Waals surface area contributed by atoms with Crippen molar-refractivity contribution in [3.05, 3.63) is 124 Å². The lowest BCUT2D eigenvalue weighted by Crippen LogP contribution is -2.29. The van der Waals surface area contributed by atoms with E-state index in [1.165, 1.54) is 10.5 Å². The molecule has 3 N–H and O–H groups in total. The number of benzene rings is 3. The number of hydrogen-bond donors (Lipinski definition) is 3. The molecule has 1 heterocycles. The lowest BCUT2D eigenvalue weighted by atomic mass is 9.90. The number of phenolic OH excluding ortho intramolecular Hbond substituents is 2. The third-order valence-electron chi connectivity index (χ3n) is 6.84. The van der Waals surface area contributed by atoms with Gasteiger partial charge in [-0.2, -0.15) is 0 Å². The fourth-order valence-corrected chi connectivity index (χ4v) is 4.78. The van der Waals surface area contributed by atoms with Crippen molar-refractivity contribution < 1.29 is 20.1 Å². The maximum atomic E-state index is 12.8. The average molecular weight is 480 g/mol. The summed E-state index contributed by atoms with van der Waals surface area (Å²) in [6, 6.07) is 21.5. The Morgan fingerprint density at radius 2 is 1.50 bits per heavy atom. The third-order valence-corrected chi connectivity index (χ3v) is 6.84. The predicted octanol–water partition coefficient (Wildman–Crippen LogP) is 6.10. The Bertz CT molecular complexity index is 1320. The fourth-order valence-electron chi connectivity index (χ4n) is 4.78. The number of rotatable bonds is 8. The molecule has 0 aromatic heterocycles. The molecular formula is C31H29NO4. The minimum atomic E-state index is -0.898. The summed E-state index contributed by atoms with van der Waals surface area (Å²) in [6.45, 7) is 4.56. The SMILES string of the molecule is C=C1C/C1=C/C(CCCCN1C(=O)c2ccccc2C1O)=C(c1ccc(O)cc1)c1ccc(O)cc1. The monoisotopic (exact) mass is 479 g/mol. The van der Waals surface area contributed by atoms with Gasteiger partial charge in [-0.15, -0.1) is 0 Å². The van der Waals surface area contributed by atoms with Crippen LogP contribution < -0.4 is 0 Å². The molecule has 2 aliphatic rings. The zero-order valence-corrected chi connectivity index (χ0v) is 20.0. The summed E-state index contributed by atoms with van der Waals surface area (Å²) < 4.78 is 0. The second-order valence-electron chi connectivity index (χ2n) is 9.36. The molecule has 1 fully saturated rings. The van der Waals surface area contributed by atoms with E-state index in [0.29, 0.717) is 17.7 Å². The number of amides is 1. The number of aliphatic hydroxyl groups is 1. The van der Waals surface area contributed by atoms with Crippen molar-refractivity contribution in [1.82, 2.24) is 4.90 Å². The normalized spacial score (nSPS) is 17.4. The Hall–Kier alpha value is -4.09. The molecular weight excluding hydrogens is 450 g/mol. The molecule has 3 aromatic carbocycles. The molecule has 5 nitrogen and oxygen atoms in total. The first-order valence-electron chi connectivity index (χ1n) is 12.2. The molecule has 0 bridgehead atoms. The van der Waals surface area contributed by atoms with Gasteiger partial charge in [0.25, 0.3) is 5.91 Å². The highest BCUT2D eigenvalue weighted by molar-refractivity contribution is 5.98. The number of hydrogen-bond acceptors (Lipinski definition) is 4. The van der Waals surface area contributed by atoms with E-state index in [2.05, 4.69) is 12.7 Å². The number of allylic oxidation sites excluding steroid dienone is 4. The molecule has 182 valence electrons. The van der Waals surface area contributed by atoms with Crippen molar-refractivity contribution in [2.75, 3.05) is 6.54 Å². The molecule has 1 unspecified atom stereocenters. The number of carbonyl (C=O) groups is 1. The Balaban J connectivity index is 1.40. The first kappa shape index (κ1) is 23.6. The van der Waals surface area contributed by atoms with E-state index in [9.17, 15) is 20.1 Å². The molecule has 0 radical (unpaired) electrons. The highest BCUT2D eigenvalue weighted by Gasteiger charge is 2.34. The van der Waals surface area contributed by atoms with Gasteiger partial charge in [-0.3, -0.25) is 4.79 Å². The molecule has 1 aliphatic heterocycles. The van der Waals surface area contributed by atoms with Gasteiger partial charge in [-0.1, -0.05) is 55.1 Å². The van der Waals surface area contributed by atoms with Gasteiger partial charge in [0.1, 0.15) is 11.5 Å². The summed E-state index contributed by atoms with van der Waals surface area (Å²) in [4.78, 5) is 14.3. The number of unbranched alkanes of at least 4 members (excludes halogenated alkanes) is 1. The van der Waals surface area contributed by atoms with Crippen molar-refractivity contribution >= 4 is 11.5 Å². The molecule has 1 aliphatic carbocycles. The van der Waals surface area contributed by atoms with Gasteiger partial charge in [-0.05, 0) is 89.4 Å². The smallest absolute Gasteiger partial charge is 0.256 e. The summed E-state index contributed by atoms with van der Waals surface area (Å²) in [5.41, 5.74) is 7.71. The van der Waals surface area contributed by atoms with Crippen molar-refractivity contribution in [3.8, 4) is 11.5 Å². The van der Waals surface area contributed by atoms with Crippen molar-refractivity contribution in [2.45, 2.75) is 31.9 Å². The number of phenols is 2. The van der Waals surface area contributed by atoms with Crippen LogP contribution in [0.1, 0.15) is 59.0 Å². The van der Waals surface area contributed by atoms with E-state index < -0.39 is 6.23 Å². The number of aromatic hydroxyl groups is 2. The maximum absolute atomic E-state index is 12.8. The van der Waals surface area contributed by atoms with E-state index >= 15 is 0 Å². The second-order valence-corrected chi connectivity index (χ2v) is 9.36. The highest BCUT2D eigenvalue weighted by Crippen LogP contribution is 2.40. The van der Waals surface area contributed by atoms with Crippen LogP contribution >= 0.6 is 0 Å². The molecule has 5 rings (SSSR count). The molecule has 1 atom stereocenters. The molecule has 3 aromatic rings. The van der Waals surface area contributed by atoms with Gasteiger partial charge in [0.15, 0.2) is 6.23 Å². The molecule has 0 spiro atoms. The Morgan fingerprint density at radius 1 is 0.917 bits per heavy atom. The van der Waals surface area contributed by atoms with Crippen LogP contribution in [-0.2, 0) is 0 Å². The first-order valence-corrected chi connectivity index (χ1v) is 12.2.